The SMILES string of the molecule is Cc1cc(C)cc(OCc2nnc(SCc3ccc(Br)cc3)n2C)c1. The maximum atomic E-state index is 5.89. The summed E-state index contributed by atoms with van der Waals surface area (Å²) in [5, 5.41) is 9.43. The van der Waals surface area contributed by atoms with Crippen LogP contribution in [-0.4, -0.2) is 14.8 Å². The van der Waals surface area contributed by atoms with Gasteiger partial charge >= 0.3 is 0 Å². The number of aryl methyl sites for hydroxylation is 2. The summed E-state index contributed by atoms with van der Waals surface area (Å²) >= 11 is 5.13. The monoisotopic (exact) mass is 417 g/mol. The molecule has 0 aliphatic carbocycles. The van der Waals surface area contributed by atoms with Crippen molar-refractivity contribution in [3.8, 4) is 5.75 Å². The van der Waals surface area contributed by atoms with Gasteiger partial charge in [0.1, 0.15) is 12.4 Å². The van der Waals surface area contributed by atoms with Crippen LogP contribution < -0.4 is 4.74 Å². The molecule has 0 atom stereocenters. The second-order valence-corrected chi connectivity index (χ2v) is 7.84. The molecule has 1 aromatic heterocycles. The summed E-state index contributed by atoms with van der Waals surface area (Å²) in [4.78, 5) is 0. The summed E-state index contributed by atoms with van der Waals surface area (Å²) in [6.07, 6.45) is 0. The van der Waals surface area contributed by atoms with Crippen molar-refractivity contribution in [2.75, 3.05) is 0 Å². The number of hydrogen-bond donors (Lipinski definition) is 0. The molecule has 0 saturated heterocycles. The van der Waals surface area contributed by atoms with Gasteiger partial charge in [-0.05, 0) is 54.8 Å². The Bertz CT molecular complexity index is 841. The predicted octanol–water partition coefficient (Wildman–Crippen LogP) is 5.07. The molecule has 0 saturated carbocycles. The molecule has 0 fully saturated rings. The number of benzene rings is 2. The van der Waals surface area contributed by atoms with Gasteiger partial charge in [0.25, 0.3) is 0 Å². The number of hydrogen-bond acceptors (Lipinski definition) is 4. The summed E-state index contributed by atoms with van der Waals surface area (Å²) in [5.74, 6) is 2.54. The first-order chi connectivity index (χ1) is 12.0. The van der Waals surface area contributed by atoms with Crippen molar-refractivity contribution >= 4 is 27.7 Å². The first-order valence-corrected chi connectivity index (χ1v) is 9.76. The topological polar surface area (TPSA) is 39.9 Å². The van der Waals surface area contributed by atoms with E-state index in [4.69, 9.17) is 4.74 Å². The Morgan fingerprint density at radius 3 is 2.40 bits per heavy atom. The molecule has 0 N–H and O–H groups in total. The maximum Gasteiger partial charge on any atom is 0.191 e. The van der Waals surface area contributed by atoms with Crippen LogP contribution in [0, 0.1) is 13.8 Å². The van der Waals surface area contributed by atoms with Gasteiger partial charge in [0.2, 0.25) is 0 Å². The van der Waals surface area contributed by atoms with Crippen molar-refractivity contribution in [2.24, 2.45) is 7.05 Å². The molecular weight excluding hydrogens is 398 g/mol. The van der Waals surface area contributed by atoms with Crippen LogP contribution in [0.3, 0.4) is 0 Å². The van der Waals surface area contributed by atoms with Gasteiger partial charge in [-0.1, -0.05) is 45.9 Å². The number of ether oxygens (including phenoxy) is 1. The van der Waals surface area contributed by atoms with Gasteiger partial charge in [-0.3, -0.25) is 0 Å². The van der Waals surface area contributed by atoms with Gasteiger partial charge in [-0.15, -0.1) is 10.2 Å². The quantitative estimate of drug-likeness (QED) is 0.525. The summed E-state index contributed by atoms with van der Waals surface area (Å²) in [5.41, 5.74) is 3.64. The fraction of sp³-hybridized carbons (Fsp3) is 0.263. The van der Waals surface area contributed by atoms with Crippen molar-refractivity contribution in [2.45, 2.75) is 31.4 Å². The second kappa shape index (κ2) is 8.06. The van der Waals surface area contributed by atoms with Crippen LogP contribution in [0.2, 0.25) is 0 Å². The van der Waals surface area contributed by atoms with Crippen molar-refractivity contribution in [3.05, 3.63) is 69.5 Å². The smallest absolute Gasteiger partial charge is 0.191 e. The van der Waals surface area contributed by atoms with E-state index < -0.39 is 0 Å². The zero-order valence-corrected chi connectivity index (χ0v) is 16.9. The summed E-state index contributed by atoms with van der Waals surface area (Å²) < 4.78 is 8.97. The minimum Gasteiger partial charge on any atom is -0.486 e. The predicted molar refractivity (Wildman–Crippen MR) is 105 cm³/mol. The highest BCUT2D eigenvalue weighted by Crippen LogP contribution is 2.23. The molecule has 25 heavy (non-hydrogen) atoms. The van der Waals surface area contributed by atoms with E-state index >= 15 is 0 Å². The third-order valence-corrected chi connectivity index (χ3v) is 5.39. The van der Waals surface area contributed by atoms with Gasteiger partial charge in [-0.25, -0.2) is 0 Å². The highest BCUT2D eigenvalue weighted by molar-refractivity contribution is 9.10. The van der Waals surface area contributed by atoms with Crippen LogP contribution in [0.5, 0.6) is 5.75 Å². The molecule has 3 rings (SSSR count). The normalized spacial score (nSPS) is 10.9. The van der Waals surface area contributed by atoms with Crippen molar-refractivity contribution in [3.63, 3.8) is 0 Å². The Morgan fingerprint density at radius 1 is 1.04 bits per heavy atom. The van der Waals surface area contributed by atoms with E-state index in [-0.39, 0.29) is 0 Å². The van der Waals surface area contributed by atoms with E-state index in [0.717, 1.165) is 27.0 Å². The van der Waals surface area contributed by atoms with E-state index in [1.54, 1.807) is 11.8 Å². The standard InChI is InChI=1S/C19H20BrN3OS/c1-13-8-14(2)10-17(9-13)24-11-18-21-22-19(23(18)3)25-12-15-4-6-16(20)7-5-15/h4-10H,11-12H2,1-3H3. The lowest BCUT2D eigenvalue weighted by atomic mass is 10.1. The largest absolute Gasteiger partial charge is 0.486 e. The van der Waals surface area contributed by atoms with Crippen LogP contribution in [-0.2, 0) is 19.4 Å². The minimum absolute atomic E-state index is 0.408. The third-order valence-electron chi connectivity index (χ3n) is 3.77. The Morgan fingerprint density at radius 2 is 1.72 bits per heavy atom. The van der Waals surface area contributed by atoms with E-state index in [9.17, 15) is 0 Å². The molecule has 0 unspecified atom stereocenters. The number of halogens is 1. The molecule has 0 radical (unpaired) electrons. The Labute approximate surface area is 160 Å². The zero-order valence-electron chi connectivity index (χ0n) is 14.5. The summed E-state index contributed by atoms with van der Waals surface area (Å²) in [6.45, 7) is 4.54. The number of rotatable bonds is 6. The molecular formula is C19H20BrN3OS. The van der Waals surface area contributed by atoms with Gasteiger partial charge in [0.05, 0.1) is 0 Å². The van der Waals surface area contributed by atoms with E-state index in [1.807, 2.05) is 23.7 Å². The summed E-state index contributed by atoms with van der Waals surface area (Å²) in [6, 6.07) is 14.5. The fourth-order valence-corrected chi connectivity index (χ4v) is 3.64. The lowest BCUT2D eigenvalue weighted by molar-refractivity contribution is 0.290. The van der Waals surface area contributed by atoms with Crippen molar-refractivity contribution in [1.82, 2.24) is 14.8 Å². The molecule has 0 aliphatic heterocycles. The van der Waals surface area contributed by atoms with Crippen molar-refractivity contribution < 1.29 is 4.74 Å². The average Bonchev–Trinajstić information content (AvgIpc) is 2.92. The average molecular weight is 418 g/mol. The Kier molecular flexibility index (Phi) is 5.81. The fourth-order valence-electron chi connectivity index (χ4n) is 2.49. The first kappa shape index (κ1) is 18.0. The molecule has 130 valence electrons. The lowest BCUT2D eigenvalue weighted by Gasteiger charge is -2.08. The molecule has 6 heteroatoms. The van der Waals surface area contributed by atoms with Crippen LogP contribution in [0.1, 0.15) is 22.5 Å². The van der Waals surface area contributed by atoms with E-state index in [0.29, 0.717) is 6.61 Å². The molecule has 1 heterocycles. The second-order valence-electron chi connectivity index (χ2n) is 5.99. The molecule has 4 nitrogen and oxygen atoms in total. The minimum atomic E-state index is 0.408. The van der Waals surface area contributed by atoms with Gasteiger partial charge in [0, 0.05) is 17.3 Å². The highest BCUT2D eigenvalue weighted by atomic mass is 79.9. The Hall–Kier alpha value is -1.79. The highest BCUT2D eigenvalue weighted by Gasteiger charge is 2.10. The van der Waals surface area contributed by atoms with E-state index in [1.165, 1.54) is 16.7 Å². The van der Waals surface area contributed by atoms with Gasteiger partial charge in [-0.2, -0.15) is 0 Å². The van der Waals surface area contributed by atoms with E-state index in [2.05, 4.69) is 70.3 Å². The molecule has 0 bridgehead atoms. The zero-order chi connectivity index (χ0) is 17.8. The van der Waals surface area contributed by atoms with Crippen LogP contribution in [0.4, 0.5) is 0 Å². The molecule has 0 spiro atoms. The molecule has 3 aromatic rings. The molecule has 0 aliphatic rings. The first-order valence-electron chi connectivity index (χ1n) is 7.98. The molecule has 0 amide bonds. The number of nitrogens with zero attached hydrogens (tertiary/aromatic N) is 3. The van der Waals surface area contributed by atoms with Gasteiger partial charge in [0.15, 0.2) is 11.0 Å². The van der Waals surface area contributed by atoms with Gasteiger partial charge < -0.3 is 9.30 Å². The number of thioether (sulfide) groups is 1. The number of aromatic nitrogens is 3. The van der Waals surface area contributed by atoms with Crippen LogP contribution in [0.15, 0.2) is 52.1 Å². The van der Waals surface area contributed by atoms with Crippen LogP contribution in [0.25, 0.3) is 0 Å². The third kappa shape index (κ3) is 4.86. The van der Waals surface area contributed by atoms with Crippen LogP contribution >= 0.6 is 27.7 Å². The Balaban J connectivity index is 1.61. The maximum absolute atomic E-state index is 5.89. The molecule has 2 aromatic carbocycles. The lowest BCUT2D eigenvalue weighted by Crippen LogP contribution is -2.04. The van der Waals surface area contributed by atoms with Crippen molar-refractivity contribution in [1.29, 1.82) is 0 Å². The summed E-state index contributed by atoms with van der Waals surface area (Å²) in [7, 11) is 1.98.